The zero-order valence-corrected chi connectivity index (χ0v) is 17.2. The number of carbonyl (C=O) groups is 1. The Kier molecular flexibility index (Phi) is 6.72. The van der Waals surface area contributed by atoms with E-state index < -0.39 is 5.97 Å². The standard InChI is InChI=1S/C22H24O5P/c1-4-25-19(23)8-7-17-14-18-9-11-26-20(18)22(24-2)21(17)27-15-16-6-5-12-28(3)13-10-16/h5-11,13-14H,4,12,15H2,1-3H3/q+1/b8-7+. The van der Waals surface area contributed by atoms with Gasteiger partial charge in [0.2, 0.25) is 5.75 Å². The van der Waals surface area contributed by atoms with Gasteiger partial charge in [-0.2, -0.15) is 0 Å². The van der Waals surface area contributed by atoms with Crippen LogP contribution in [0.2, 0.25) is 0 Å². The second-order valence-electron chi connectivity index (χ2n) is 6.27. The van der Waals surface area contributed by atoms with E-state index in [0.29, 0.717) is 30.3 Å². The summed E-state index contributed by atoms with van der Waals surface area (Å²) >= 11 is 0. The van der Waals surface area contributed by atoms with Crippen LogP contribution in [0, 0.1) is 0 Å². The summed E-state index contributed by atoms with van der Waals surface area (Å²) in [7, 11) is 1.47. The maximum atomic E-state index is 11.7. The minimum absolute atomic E-state index is 0.105. The van der Waals surface area contributed by atoms with Crippen molar-refractivity contribution in [3.63, 3.8) is 0 Å². The Hall–Kier alpha value is -2.78. The van der Waals surface area contributed by atoms with Crippen molar-refractivity contribution in [2.24, 2.45) is 0 Å². The average Bonchev–Trinajstić information content (AvgIpc) is 3.05. The first-order valence-electron chi connectivity index (χ1n) is 9.09. The van der Waals surface area contributed by atoms with Gasteiger partial charge in [0.05, 0.1) is 34.2 Å². The number of furan rings is 1. The van der Waals surface area contributed by atoms with E-state index in [1.807, 2.05) is 12.1 Å². The molecular weight excluding hydrogens is 375 g/mol. The summed E-state index contributed by atoms with van der Waals surface area (Å²) in [6, 6.07) is 3.75. The second kappa shape index (κ2) is 9.43. The van der Waals surface area contributed by atoms with Crippen LogP contribution in [0.25, 0.3) is 17.0 Å². The summed E-state index contributed by atoms with van der Waals surface area (Å²) < 4.78 is 22.3. The number of ether oxygens (including phenoxy) is 3. The molecular formula is C22H24O5P+. The van der Waals surface area contributed by atoms with E-state index in [1.165, 1.54) is 6.08 Å². The number of fused-ring (bicyclic) bond motifs is 1. The molecule has 28 heavy (non-hydrogen) atoms. The molecule has 1 aliphatic heterocycles. The second-order valence-corrected chi connectivity index (χ2v) is 8.45. The van der Waals surface area contributed by atoms with Crippen LogP contribution in [0.5, 0.6) is 11.5 Å². The Bertz CT molecular complexity index is 978. The molecule has 0 aliphatic carbocycles. The maximum Gasteiger partial charge on any atom is 0.330 e. The summed E-state index contributed by atoms with van der Waals surface area (Å²) in [5.74, 6) is 2.87. The fraction of sp³-hybridized carbons (Fsp3) is 0.273. The predicted octanol–water partition coefficient (Wildman–Crippen LogP) is 4.81. The van der Waals surface area contributed by atoms with Crippen LogP contribution in [0.1, 0.15) is 12.5 Å². The molecule has 5 nitrogen and oxygen atoms in total. The van der Waals surface area contributed by atoms with Gasteiger partial charge in [0.1, 0.15) is 18.6 Å². The van der Waals surface area contributed by atoms with Gasteiger partial charge in [-0.25, -0.2) is 4.79 Å². The normalized spacial score (nSPS) is 15.2. The van der Waals surface area contributed by atoms with Gasteiger partial charge in [-0.1, -0.05) is 6.08 Å². The molecule has 2 aromatic rings. The SMILES string of the molecule is CCOC(=O)/C=C/c1cc2ccoc2c(OC)c1OCC1=CC=[P+](C)CC=C1. The summed E-state index contributed by atoms with van der Waals surface area (Å²) in [5, 5.41) is 0.867. The van der Waals surface area contributed by atoms with Crippen molar-refractivity contribution in [1.82, 2.24) is 0 Å². The fourth-order valence-electron chi connectivity index (χ4n) is 2.85. The van der Waals surface area contributed by atoms with Gasteiger partial charge >= 0.3 is 5.97 Å². The first kappa shape index (κ1) is 20.0. The minimum Gasteiger partial charge on any atom is -0.490 e. The lowest BCUT2D eigenvalue weighted by atomic mass is 10.1. The molecule has 146 valence electrons. The molecule has 0 N–H and O–H groups in total. The molecule has 0 radical (unpaired) electrons. The average molecular weight is 399 g/mol. The third kappa shape index (κ3) is 4.73. The first-order valence-corrected chi connectivity index (χ1v) is 11.1. The van der Waals surface area contributed by atoms with Gasteiger partial charge < -0.3 is 18.6 Å². The Morgan fingerprint density at radius 1 is 1.36 bits per heavy atom. The van der Waals surface area contributed by atoms with Crippen molar-refractivity contribution < 1.29 is 23.4 Å². The monoisotopic (exact) mass is 399 g/mol. The molecule has 6 heteroatoms. The van der Waals surface area contributed by atoms with Crippen molar-refractivity contribution in [3.8, 4) is 11.5 Å². The van der Waals surface area contributed by atoms with E-state index in [0.717, 1.165) is 22.7 Å². The smallest absolute Gasteiger partial charge is 0.330 e. The lowest BCUT2D eigenvalue weighted by Gasteiger charge is -2.14. The number of allylic oxidation sites excluding steroid dienone is 2. The Morgan fingerprint density at radius 3 is 3.00 bits per heavy atom. The van der Waals surface area contributed by atoms with E-state index >= 15 is 0 Å². The molecule has 0 fully saturated rings. The van der Waals surface area contributed by atoms with Crippen LogP contribution in [0.3, 0.4) is 0 Å². The Morgan fingerprint density at radius 2 is 2.21 bits per heavy atom. The number of hydrogen-bond acceptors (Lipinski definition) is 5. The van der Waals surface area contributed by atoms with Crippen molar-refractivity contribution >= 4 is 36.4 Å². The number of benzene rings is 1. The zero-order chi connectivity index (χ0) is 19.9. The van der Waals surface area contributed by atoms with Crippen LogP contribution < -0.4 is 9.47 Å². The molecule has 1 aromatic heterocycles. The van der Waals surface area contributed by atoms with Crippen molar-refractivity contribution in [2.75, 3.05) is 33.2 Å². The van der Waals surface area contributed by atoms with Gasteiger partial charge in [-0.05, 0) is 42.9 Å². The van der Waals surface area contributed by atoms with Crippen LogP contribution in [-0.4, -0.2) is 44.9 Å². The van der Waals surface area contributed by atoms with Gasteiger partial charge in [0.25, 0.3) is 0 Å². The predicted molar refractivity (Wildman–Crippen MR) is 115 cm³/mol. The lowest BCUT2D eigenvalue weighted by Crippen LogP contribution is -2.04. The summed E-state index contributed by atoms with van der Waals surface area (Å²) in [4.78, 5) is 11.7. The molecule has 2 heterocycles. The summed E-state index contributed by atoms with van der Waals surface area (Å²) in [6.45, 7) is 4.73. The number of rotatable bonds is 7. The van der Waals surface area contributed by atoms with E-state index in [4.69, 9.17) is 18.6 Å². The highest BCUT2D eigenvalue weighted by molar-refractivity contribution is 7.57. The third-order valence-corrected chi connectivity index (χ3v) is 5.67. The van der Waals surface area contributed by atoms with Gasteiger partial charge in [0.15, 0.2) is 11.3 Å². The quantitative estimate of drug-likeness (QED) is 0.380. The minimum atomic E-state index is -0.403. The highest BCUT2D eigenvalue weighted by Crippen LogP contribution is 2.40. The lowest BCUT2D eigenvalue weighted by molar-refractivity contribution is -0.137. The highest BCUT2D eigenvalue weighted by Gasteiger charge is 2.18. The van der Waals surface area contributed by atoms with E-state index in [2.05, 4.69) is 30.7 Å². The van der Waals surface area contributed by atoms with Gasteiger partial charge in [0, 0.05) is 17.0 Å². The van der Waals surface area contributed by atoms with E-state index in [-0.39, 0.29) is 7.55 Å². The van der Waals surface area contributed by atoms with Crippen molar-refractivity contribution in [2.45, 2.75) is 6.92 Å². The molecule has 1 aliphatic rings. The first-order chi connectivity index (χ1) is 13.6. The summed E-state index contributed by atoms with van der Waals surface area (Å²) in [6.07, 6.45) is 12.1. The molecule has 1 unspecified atom stereocenters. The Balaban J connectivity index is 1.95. The number of carbonyl (C=O) groups excluding carboxylic acids is 1. The topological polar surface area (TPSA) is 57.9 Å². The molecule has 0 amide bonds. The molecule has 3 rings (SSSR count). The third-order valence-electron chi connectivity index (χ3n) is 4.22. The van der Waals surface area contributed by atoms with Crippen molar-refractivity contribution in [3.05, 3.63) is 53.8 Å². The molecule has 1 atom stereocenters. The molecule has 0 saturated heterocycles. The van der Waals surface area contributed by atoms with Crippen molar-refractivity contribution in [1.29, 1.82) is 0 Å². The fourth-order valence-corrected chi connectivity index (χ4v) is 3.86. The van der Waals surface area contributed by atoms with Crippen LogP contribution >= 0.6 is 7.55 Å². The molecule has 0 saturated carbocycles. The highest BCUT2D eigenvalue weighted by atomic mass is 31.1. The van der Waals surface area contributed by atoms with E-state index in [9.17, 15) is 4.79 Å². The molecule has 1 aromatic carbocycles. The maximum absolute atomic E-state index is 11.7. The Labute approximate surface area is 165 Å². The number of hydrogen-bond donors (Lipinski definition) is 0. The summed E-state index contributed by atoms with van der Waals surface area (Å²) in [5.41, 5.74) is 2.41. The number of methoxy groups -OCH3 is 1. The van der Waals surface area contributed by atoms with Gasteiger partial charge in [-0.3, -0.25) is 0 Å². The van der Waals surface area contributed by atoms with Crippen LogP contribution in [0.15, 0.2) is 52.7 Å². The zero-order valence-electron chi connectivity index (χ0n) is 16.3. The molecule has 0 bridgehead atoms. The van der Waals surface area contributed by atoms with Gasteiger partial charge in [-0.15, -0.1) is 0 Å². The largest absolute Gasteiger partial charge is 0.490 e. The van der Waals surface area contributed by atoms with Crippen LogP contribution in [0.4, 0.5) is 0 Å². The van der Waals surface area contributed by atoms with Crippen LogP contribution in [-0.2, 0) is 9.53 Å². The molecule has 0 spiro atoms. The van der Waals surface area contributed by atoms with E-state index in [1.54, 1.807) is 26.4 Å². The number of esters is 1.